The lowest BCUT2D eigenvalue weighted by molar-refractivity contribution is -0.385. The van der Waals surface area contributed by atoms with E-state index in [4.69, 9.17) is 0 Å². The number of nitro benzene ring substituents is 1. The lowest BCUT2D eigenvalue weighted by Gasteiger charge is -1.95. The molecular formula is C13H11N3O3S. The molecule has 0 atom stereocenters. The van der Waals surface area contributed by atoms with Gasteiger partial charge in [-0.3, -0.25) is 14.9 Å². The van der Waals surface area contributed by atoms with E-state index < -0.39 is 10.8 Å². The Morgan fingerprint density at radius 3 is 2.85 bits per heavy atom. The molecule has 0 aliphatic carbocycles. The fourth-order valence-corrected chi connectivity index (χ4v) is 2.26. The van der Waals surface area contributed by atoms with Crippen molar-refractivity contribution in [1.29, 1.82) is 0 Å². The number of para-hydroxylation sites is 1. The normalized spacial score (nSPS) is 11.9. The van der Waals surface area contributed by atoms with Gasteiger partial charge in [0.15, 0.2) is 4.80 Å². The molecule has 0 saturated carbocycles. The van der Waals surface area contributed by atoms with Gasteiger partial charge in [-0.1, -0.05) is 12.1 Å². The van der Waals surface area contributed by atoms with Crippen LogP contribution < -0.4 is 4.80 Å². The molecule has 20 heavy (non-hydrogen) atoms. The van der Waals surface area contributed by atoms with Crippen LogP contribution >= 0.6 is 11.3 Å². The number of nitro groups is 1. The van der Waals surface area contributed by atoms with Crippen molar-refractivity contribution in [3.05, 3.63) is 62.4 Å². The summed E-state index contributed by atoms with van der Waals surface area (Å²) in [6.45, 7) is 0. The van der Waals surface area contributed by atoms with Gasteiger partial charge in [0, 0.05) is 30.8 Å². The highest BCUT2D eigenvalue weighted by atomic mass is 32.1. The Kier molecular flexibility index (Phi) is 4.21. The van der Waals surface area contributed by atoms with Gasteiger partial charge in [-0.2, -0.15) is 4.99 Å². The van der Waals surface area contributed by atoms with Crippen molar-refractivity contribution in [1.82, 2.24) is 4.57 Å². The summed E-state index contributed by atoms with van der Waals surface area (Å²) in [4.78, 5) is 26.5. The van der Waals surface area contributed by atoms with Crippen LogP contribution in [0.25, 0.3) is 6.08 Å². The molecule has 2 rings (SSSR count). The third-order valence-corrected chi connectivity index (χ3v) is 3.35. The molecule has 0 radical (unpaired) electrons. The number of aromatic nitrogens is 1. The highest BCUT2D eigenvalue weighted by Crippen LogP contribution is 2.18. The highest BCUT2D eigenvalue weighted by Gasteiger charge is 2.09. The van der Waals surface area contributed by atoms with E-state index in [9.17, 15) is 14.9 Å². The van der Waals surface area contributed by atoms with Gasteiger partial charge in [0.05, 0.1) is 10.5 Å². The number of hydrogen-bond donors (Lipinski definition) is 0. The van der Waals surface area contributed by atoms with Crippen molar-refractivity contribution in [3.8, 4) is 0 Å². The molecule has 0 spiro atoms. The molecule has 1 amide bonds. The first-order valence-electron chi connectivity index (χ1n) is 5.68. The lowest BCUT2D eigenvalue weighted by Crippen LogP contribution is -2.11. The molecule has 0 aliphatic rings. The predicted molar refractivity (Wildman–Crippen MR) is 76.0 cm³/mol. The summed E-state index contributed by atoms with van der Waals surface area (Å²) >= 11 is 1.34. The van der Waals surface area contributed by atoms with Gasteiger partial charge in [-0.15, -0.1) is 11.3 Å². The maximum atomic E-state index is 11.7. The van der Waals surface area contributed by atoms with Crippen LogP contribution in [0, 0.1) is 10.1 Å². The molecule has 1 heterocycles. The van der Waals surface area contributed by atoms with E-state index >= 15 is 0 Å². The molecular weight excluding hydrogens is 278 g/mol. The van der Waals surface area contributed by atoms with E-state index in [0.717, 1.165) is 0 Å². The monoisotopic (exact) mass is 289 g/mol. The zero-order valence-electron chi connectivity index (χ0n) is 10.6. The number of benzene rings is 1. The average Bonchev–Trinajstić information content (AvgIpc) is 2.82. The summed E-state index contributed by atoms with van der Waals surface area (Å²) in [5, 5.41) is 12.6. The molecule has 0 saturated heterocycles. The third kappa shape index (κ3) is 3.27. The molecule has 0 N–H and O–H groups in total. The first-order chi connectivity index (χ1) is 9.58. The number of thiazole rings is 1. The summed E-state index contributed by atoms with van der Waals surface area (Å²) in [5.41, 5.74) is 0.329. The van der Waals surface area contributed by atoms with Gasteiger partial charge in [0.25, 0.3) is 11.6 Å². The molecule has 1 aromatic heterocycles. The molecule has 1 aromatic carbocycles. The van der Waals surface area contributed by atoms with Crippen LogP contribution in [0.15, 0.2) is 46.9 Å². The molecule has 0 bridgehead atoms. The van der Waals surface area contributed by atoms with Gasteiger partial charge in [0.1, 0.15) is 0 Å². The number of aryl methyl sites for hydroxylation is 1. The summed E-state index contributed by atoms with van der Waals surface area (Å²) < 4.78 is 1.72. The van der Waals surface area contributed by atoms with E-state index in [1.54, 1.807) is 36.0 Å². The standard InChI is InChI=1S/C13H11N3O3S/c1-15-8-9-20-13(15)14-12(17)7-6-10-4-2-3-5-11(10)16(18)19/h2-9H,1H3. The van der Waals surface area contributed by atoms with E-state index in [0.29, 0.717) is 10.4 Å². The molecule has 6 nitrogen and oxygen atoms in total. The maximum absolute atomic E-state index is 11.7. The minimum atomic E-state index is -0.486. The molecule has 2 aromatic rings. The Bertz CT molecular complexity index is 743. The van der Waals surface area contributed by atoms with Crippen molar-refractivity contribution in [2.45, 2.75) is 0 Å². The second-order valence-electron chi connectivity index (χ2n) is 3.90. The van der Waals surface area contributed by atoms with Crippen LogP contribution in [-0.4, -0.2) is 15.4 Å². The second-order valence-corrected chi connectivity index (χ2v) is 4.77. The predicted octanol–water partition coefficient (Wildman–Crippen LogP) is 2.14. The van der Waals surface area contributed by atoms with Crippen LogP contribution in [0.2, 0.25) is 0 Å². The van der Waals surface area contributed by atoms with E-state index in [-0.39, 0.29) is 5.69 Å². The van der Waals surface area contributed by atoms with Crippen LogP contribution in [0.3, 0.4) is 0 Å². The Balaban J connectivity index is 2.25. The minimum Gasteiger partial charge on any atom is -0.327 e. The summed E-state index contributed by atoms with van der Waals surface area (Å²) in [6.07, 6.45) is 4.42. The smallest absolute Gasteiger partial charge is 0.276 e. The molecule has 0 fully saturated rings. The highest BCUT2D eigenvalue weighted by molar-refractivity contribution is 7.07. The fraction of sp³-hybridized carbons (Fsp3) is 0.0769. The zero-order chi connectivity index (χ0) is 14.5. The van der Waals surface area contributed by atoms with Gasteiger partial charge in [-0.05, 0) is 12.1 Å². The molecule has 0 unspecified atom stereocenters. The Morgan fingerprint density at radius 2 is 2.20 bits per heavy atom. The van der Waals surface area contributed by atoms with Crippen LogP contribution in [-0.2, 0) is 11.8 Å². The Hall–Kier alpha value is -2.54. The largest absolute Gasteiger partial charge is 0.327 e. The Morgan fingerprint density at radius 1 is 1.45 bits per heavy atom. The van der Waals surface area contributed by atoms with Gasteiger partial charge in [-0.25, -0.2) is 0 Å². The van der Waals surface area contributed by atoms with Gasteiger partial charge >= 0.3 is 0 Å². The summed E-state index contributed by atoms with van der Waals surface area (Å²) in [5.74, 6) is -0.457. The zero-order valence-corrected chi connectivity index (χ0v) is 11.4. The van der Waals surface area contributed by atoms with Crippen molar-refractivity contribution >= 4 is 29.0 Å². The van der Waals surface area contributed by atoms with Crippen molar-refractivity contribution < 1.29 is 9.72 Å². The van der Waals surface area contributed by atoms with E-state index in [2.05, 4.69) is 4.99 Å². The van der Waals surface area contributed by atoms with Crippen molar-refractivity contribution in [2.24, 2.45) is 12.0 Å². The van der Waals surface area contributed by atoms with Crippen LogP contribution in [0.5, 0.6) is 0 Å². The third-order valence-electron chi connectivity index (χ3n) is 2.50. The number of amides is 1. The minimum absolute atomic E-state index is 0.0433. The quantitative estimate of drug-likeness (QED) is 0.493. The summed E-state index contributed by atoms with van der Waals surface area (Å²) in [7, 11) is 1.79. The topological polar surface area (TPSA) is 77.5 Å². The van der Waals surface area contributed by atoms with Crippen LogP contribution in [0.4, 0.5) is 5.69 Å². The van der Waals surface area contributed by atoms with Gasteiger partial charge in [0.2, 0.25) is 0 Å². The number of nitrogens with zero attached hydrogens (tertiary/aromatic N) is 3. The summed E-state index contributed by atoms with van der Waals surface area (Å²) in [6, 6.07) is 6.22. The number of hydrogen-bond acceptors (Lipinski definition) is 4. The second kappa shape index (κ2) is 6.07. The number of carbonyl (C=O) groups excluding carboxylic acids is 1. The van der Waals surface area contributed by atoms with Crippen molar-refractivity contribution in [2.75, 3.05) is 0 Å². The number of carbonyl (C=O) groups is 1. The van der Waals surface area contributed by atoms with Crippen LogP contribution in [0.1, 0.15) is 5.56 Å². The number of rotatable bonds is 3. The molecule has 0 aliphatic heterocycles. The fourth-order valence-electron chi connectivity index (χ4n) is 1.52. The first-order valence-corrected chi connectivity index (χ1v) is 6.56. The lowest BCUT2D eigenvalue weighted by atomic mass is 10.1. The maximum Gasteiger partial charge on any atom is 0.276 e. The SMILES string of the molecule is Cn1ccsc1=NC(=O)C=Cc1ccccc1[N+](=O)[O-]. The van der Waals surface area contributed by atoms with E-state index in [1.807, 2.05) is 5.38 Å². The van der Waals surface area contributed by atoms with Gasteiger partial charge < -0.3 is 4.57 Å². The van der Waals surface area contributed by atoms with Crippen molar-refractivity contribution in [3.63, 3.8) is 0 Å². The molecule has 102 valence electrons. The first kappa shape index (κ1) is 13.9. The van der Waals surface area contributed by atoms with E-state index in [1.165, 1.54) is 29.6 Å². The average molecular weight is 289 g/mol. The molecule has 7 heteroatoms. The Labute approximate surface area is 118 Å².